The number of hydrazone groups is 1. The van der Waals surface area contributed by atoms with Gasteiger partial charge in [0.25, 0.3) is 5.91 Å². The molecule has 3 N–H and O–H groups in total. The second-order valence-corrected chi connectivity index (χ2v) is 6.99. The Labute approximate surface area is 193 Å². The number of anilines is 2. The first-order valence-corrected chi connectivity index (χ1v) is 9.96. The third kappa shape index (κ3) is 7.44. The topological polar surface area (TPSA) is 109 Å². The van der Waals surface area contributed by atoms with Crippen molar-refractivity contribution in [2.45, 2.75) is 0 Å². The number of hydrogen-bond donors (Lipinski definition) is 3. The molecule has 8 nitrogen and oxygen atoms in total. The van der Waals surface area contributed by atoms with Crippen molar-refractivity contribution < 1.29 is 23.5 Å². The normalized spacial score (nSPS) is 10.5. The molecule has 0 heterocycles. The number of amides is 3. The van der Waals surface area contributed by atoms with Crippen LogP contribution in [-0.2, 0) is 14.4 Å². The van der Waals surface area contributed by atoms with Crippen LogP contribution < -0.4 is 20.8 Å². The predicted molar refractivity (Wildman–Crippen MR) is 123 cm³/mol. The molecule has 3 amide bonds. The smallest absolute Gasteiger partial charge is 0.329 e. The fraction of sp³-hybridized carbons (Fsp3) is 0.0435. The minimum absolute atomic E-state index is 0.113. The molecule has 0 aliphatic carbocycles. The van der Waals surface area contributed by atoms with E-state index >= 15 is 0 Å². The van der Waals surface area contributed by atoms with E-state index in [1.54, 1.807) is 48.5 Å². The molecule has 0 radical (unpaired) electrons. The van der Waals surface area contributed by atoms with Crippen molar-refractivity contribution in [3.05, 3.63) is 89.2 Å². The highest BCUT2D eigenvalue weighted by atomic mass is 35.5. The van der Waals surface area contributed by atoms with Crippen molar-refractivity contribution in [1.82, 2.24) is 5.43 Å². The molecule has 10 heteroatoms. The van der Waals surface area contributed by atoms with Gasteiger partial charge < -0.3 is 15.4 Å². The minimum Gasteiger partial charge on any atom is -0.484 e. The van der Waals surface area contributed by atoms with Crippen LogP contribution in [0.2, 0.25) is 5.02 Å². The Kier molecular flexibility index (Phi) is 8.09. The molecule has 0 aliphatic rings. The van der Waals surface area contributed by atoms with Crippen LogP contribution in [0.25, 0.3) is 0 Å². The van der Waals surface area contributed by atoms with Gasteiger partial charge in [-0.15, -0.1) is 0 Å². The Morgan fingerprint density at radius 1 is 0.939 bits per heavy atom. The first-order valence-electron chi connectivity index (χ1n) is 9.58. The van der Waals surface area contributed by atoms with Crippen molar-refractivity contribution in [3.8, 4) is 5.75 Å². The lowest BCUT2D eigenvalue weighted by molar-refractivity contribution is -0.136. The highest BCUT2D eigenvalue weighted by Crippen LogP contribution is 2.15. The van der Waals surface area contributed by atoms with Crippen LogP contribution >= 0.6 is 11.6 Å². The summed E-state index contributed by atoms with van der Waals surface area (Å²) in [6.45, 7) is -0.201. The van der Waals surface area contributed by atoms with Crippen molar-refractivity contribution in [2.24, 2.45) is 5.10 Å². The molecule has 0 aliphatic heterocycles. The van der Waals surface area contributed by atoms with E-state index in [4.69, 9.17) is 16.3 Å². The fourth-order valence-corrected chi connectivity index (χ4v) is 2.71. The number of ether oxygens (including phenoxy) is 1. The third-order valence-electron chi connectivity index (χ3n) is 4.07. The summed E-state index contributed by atoms with van der Waals surface area (Å²) in [6, 6.07) is 18.7. The molecule has 0 bridgehead atoms. The minimum atomic E-state index is -1.06. The van der Waals surface area contributed by atoms with E-state index in [0.29, 0.717) is 22.0 Å². The molecule has 0 aromatic heterocycles. The van der Waals surface area contributed by atoms with E-state index in [1.807, 2.05) is 0 Å². The van der Waals surface area contributed by atoms with Gasteiger partial charge in [-0.1, -0.05) is 29.8 Å². The van der Waals surface area contributed by atoms with Crippen LogP contribution in [0.1, 0.15) is 5.56 Å². The molecule has 3 rings (SSSR count). The van der Waals surface area contributed by atoms with Gasteiger partial charge in [0.1, 0.15) is 11.6 Å². The van der Waals surface area contributed by atoms with Gasteiger partial charge in [0.05, 0.1) is 11.9 Å². The largest absolute Gasteiger partial charge is 0.484 e. The van der Waals surface area contributed by atoms with Gasteiger partial charge in [0, 0.05) is 10.7 Å². The van der Waals surface area contributed by atoms with E-state index in [9.17, 15) is 18.8 Å². The standard InChI is InChI=1S/C23H18ClFN4O4/c24-16-4-3-5-17(12-16)27-21(30)14-33-18-10-8-15(9-11-18)13-26-29-23(32)22(31)28-20-7-2-1-6-19(20)25/h1-13H,14H2,(H,27,30)(H,28,31)(H,29,32)/b26-13-. The van der Waals surface area contributed by atoms with Crippen LogP contribution in [0, 0.1) is 5.82 Å². The number of rotatable bonds is 7. The third-order valence-corrected chi connectivity index (χ3v) is 4.30. The summed E-state index contributed by atoms with van der Waals surface area (Å²) in [5.41, 5.74) is 3.10. The molecule has 0 atom stereocenters. The highest BCUT2D eigenvalue weighted by molar-refractivity contribution is 6.39. The fourth-order valence-electron chi connectivity index (χ4n) is 2.52. The zero-order chi connectivity index (χ0) is 23.6. The van der Waals surface area contributed by atoms with Gasteiger partial charge >= 0.3 is 11.8 Å². The summed E-state index contributed by atoms with van der Waals surface area (Å²) >= 11 is 5.87. The summed E-state index contributed by atoms with van der Waals surface area (Å²) < 4.78 is 18.9. The molecule has 3 aromatic carbocycles. The molecule has 0 unspecified atom stereocenters. The summed E-state index contributed by atoms with van der Waals surface area (Å²) in [6.07, 6.45) is 1.31. The van der Waals surface area contributed by atoms with Crippen molar-refractivity contribution in [1.29, 1.82) is 0 Å². The average Bonchev–Trinajstić information content (AvgIpc) is 2.80. The SMILES string of the molecule is O=C(COc1ccc(/C=N\NC(=O)C(=O)Nc2ccccc2F)cc1)Nc1cccc(Cl)c1. The number of nitrogens with one attached hydrogen (secondary N) is 3. The number of benzene rings is 3. The van der Waals surface area contributed by atoms with Crippen molar-refractivity contribution in [2.75, 3.05) is 17.2 Å². The molecule has 0 saturated carbocycles. The lowest BCUT2D eigenvalue weighted by atomic mass is 10.2. The number of nitrogens with zero attached hydrogens (tertiary/aromatic N) is 1. The van der Waals surface area contributed by atoms with Crippen LogP contribution in [0.4, 0.5) is 15.8 Å². The van der Waals surface area contributed by atoms with Gasteiger partial charge in [-0.2, -0.15) is 5.10 Å². The Morgan fingerprint density at radius 2 is 1.70 bits per heavy atom. The number of carbonyl (C=O) groups is 3. The van der Waals surface area contributed by atoms with Gasteiger partial charge in [-0.25, -0.2) is 9.82 Å². The zero-order valence-electron chi connectivity index (χ0n) is 17.0. The first kappa shape index (κ1) is 23.4. The zero-order valence-corrected chi connectivity index (χ0v) is 17.8. The molecule has 168 valence electrons. The second kappa shape index (κ2) is 11.4. The van der Waals surface area contributed by atoms with Gasteiger partial charge in [0.2, 0.25) is 0 Å². The number of hydrogen-bond acceptors (Lipinski definition) is 5. The predicted octanol–water partition coefficient (Wildman–Crippen LogP) is 3.59. The first-order chi connectivity index (χ1) is 15.9. The van der Waals surface area contributed by atoms with Crippen LogP contribution in [0.3, 0.4) is 0 Å². The maximum atomic E-state index is 13.5. The monoisotopic (exact) mass is 468 g/mol. The summed E-state index contributed by atoms with van der Waals surface area (Å²) in [7, 11) is 0. The van der Waals surface area contributed by atoms with E-state index in [0.717, 1.165) is 6.07 Å². The number of carbonyl (C=O) groups excluding carboxylic acids is 3. The van der Waals surface area contributed by atoms with Gasteiger partial charge in [-0.3, -0.25) is 14.4 Å². The van der Waals surface area contributed by atoms with E-state index < -0.39 is 17.6 Å². The molecule has 33 heavy (non-hydrogen) atoms. The average molecular weight is 469 g/mol. The molecule has 0 fully saturated rings. The number of halogens is 2. The van der Waals surface area contributed by atoms with E-state index in [1.165, 1.54) is 24.4 Å². The van der Waals surface area contributed by atoms with Crippen molar-refractivity contribution >= 4 is 46.9 Å². The lowest BCUT2D eigenvalue weighted by Crippen LogP contribution is -2.32. The van der Waals surface area contributed by atoms with E-state index in [2.05, 4.69) is 21.2 Å². The Bertz CT molecular complexity index is 1190. The molecule has 3 aromatic rings. The van der Waals surface area contributed by atoms with Crippen molar-refractivity contribution in [3.63, 3.8) is 0 Å². The van der Waals surface area contributed by atoms with Crippen LogP contribution in [0.15, 0.2) is 77.9 Å². The Hall–Kier alpha value is -4.24. The quantitative estimate of drug-likeness (QED) is 0.280. The van der Waals surface area contributed by atoms with Crippen LogP contribution in [-0.4, -0.2) is 30.5 Å². The second-order valence-electron chi connectivity index (χ2n) is 6.55. The summed E-state index contributed by atoms with van der Waals surface area (Å²) in [5, 5.41) is 9.02. The number of para-hydroxylation sites is 1. The highest BCUT2D eigenvalue weighted by Gasteiger charge is 2.14. The Morgan fingerprint density at radius 3 is 2.42 bits per heavy atom. The maximum Gasteiger partial charge on any atom is 0.329 e. The van der Waals surface area contributed by atoms with Gasteiger partial charge in [-0.05, 0) is 60.2 Å². The maximum absolute atomic E-state index is 13.5. The Balaban J connectivity index is 1.44. The molecular formula is C23H18ClFN4O4. The lowest BCUT2D eigenvalue weighted by Gasteiger charge is -2.08. The van der Waals surface area contributed by atoms with Gasteiger partial charge in [0.15, 0.2) is 6.61 Å². The summed E-state index contributed by atoms with van der Waals surface area (Å²) in [4.78, 5) is 35.5. The summed E-state index contributed by atoms with van der Waals surface area (Å²) in [5.74, 6) is -2.68. The molecule has 0 saturated heterocycles. The molecule has 0 spiro atoms. The molecular weight excluding hydrogens is 451 g/mol. The van der Waals surface area contributed by atoms with Crippen LogP contribution in [0.5, 0.6) is 5.75 Å². The van der Waals surface area contributed by atoms with E-state index in [-0.39, 0.29) is 18.2 Å².